The van der Waals surface area contributed by atoms with Gasteiger partial charge in [-0.3, -0.25) is 9.69 Å². The molecule has 1 saturated heterocycles. The van der Waals surface area contributed by atoms with Gasteiger partial charge in [-0.15, -0.1) is 12.4 Å². The topological polar surface area (TPSA) is 36.4 Å². The highest BCUT2D eigenvalue weighted by atomic mass is 35.5. The molecule has 0 aromatic carbocycles. The van der Waals surface area contributed by atoms with Crippen molar-refractivity contribution < 1.29 is 4.79 Å². The molecule has 23 heavy (non-hydrogen) atoms. The zero-order chi connectivity index (χ0) is 16.1. The number of anilines is 1. The SMILES string of the molecule is CCC(=O)N(c1ccccn1)C(C)CN1C[C@H](C)C[C@H](C)C1.Cl. The third-order valence-electron chi connectivity index (χ3n) is 4.37. The predicted molar refractivity (Wildman–Crippen MR) is 98.1 cm³/mol. The van der Waals surface area contributed by atoms with Gasteiger partial charge in [-0.25, -0.2) is 4.98 Å². The third kappa shape index (κ3) is 5.47. The molecular formula is C18H30ClN3O. The van der Waals surface area contributed by atoms with E-state index in [4.69, 9.17) is 0 Å². The maximum Gasteiger partial charge on any atom is 0.228 e. The van der Waals surface area contributed by atoms with Crippen molar-refractivity contribution in [2.24, 2.45) is 11.8 Å². The van der Waals surface area contributed by atoms with Crippen LogP contribution >= 0.6 is 12.4 Å². The van der Waals surface area contributed by atoms with E-state index in [0.717, 1.165) is 37.3 Å². The number of amides is 1. The molecule has 0 bridgehead atoms. The van der Waals surface area contributed by atoms with Gasteiger partial charge in [0.1, 0.15) is 5.82 Å². The maximum atomic E-state index is 12.4. The van der Waals surface area contributed by atoms with Gasteiger partial charge in [0.05, 0.1) is 0 Å². The Kier molecular flexibility index (Phi) is 8.00. The van der Waals surface area contributed by atoms with Crippen LogP contribution in [0.2, 0.25) is 0 Å². The van der Waals surface area contributed by atoms with Gasteiger partial charge < -0.3 is 4.90 Å². The van der Waals surface area contributed by atoms with Crippen molar-refractivity contribution in [3.63, 3.8) is 0 Å². The molecule has 0 radical (unpaired) electrons. The summed E-state index contributed by atoms with van der Waals surface area (Å²) in [5.41, 5.74) is 0. The lowest BCUT2D eigenvalue weighted by atomic mass is 9.91. The molecule has 0 N–H and O–H groups in total. The highest BCUT2D eigenvalue weighted by Gasteiger charge is 2.27. The van der Waals surface area contributed by atoms with Gasteiger partial charge in [-0.1, -0.05) is 26.8 Å². The summed E-state index contributed by atoms with van der Waals surface area (Å²) in [5.74, 6) is 2.38. The highest BCUT2D eigenvalue weighted by Crippen LogP contribution is 2.22. The first-order valence-corrected chi connectivity index (χ1v) is 8.46. The zero-order valence-corrected chi connectivity index (χ0v) is 15.6. The van der Waals surface area contributed by atoms with Gasteiger partial charge in [0.2, 0.25) is 5.91 Å². The Balaban J connectivity index is 0.00000264. The molecule has 1 aliphatic rings. The van der Waals surface area contributed by atoms with Gasteiger partial charge in [0.15, 0.2) is 0 Å². The summed E-state index contributed by atoms with van der Waals surface area (Å²) >= 11 is 0. The summed E-state index contributed by atoms with van der Waals surface area (Å²) in [4.78, 5) is 21.1. The molecule has 0 aliphatic carbocycles. The van der Waals surface area contributed by atoms with E-state index >= 15 is 0 Å². The lowest BCUT2D eigenvalue weighted by molar-refractivity contribution is -0.118. The monoisotopic (exact) mass is 339 g/mol. The zero-order valence-electron chi connectivity index (χ0n) is 14.7. The number of piperidine rings is 1. The summed E-state index contributed by atoms with van der Waals surface area (Å²) in [7, 11) is 0. The summed E-state index contributed by atoms with van der Waals surface area (Å²) < 4.78 is 0. The second-order valence-corrected chi connectivity index (χ2v) is 6.82. The van der Waals surface area contributed by atoms with E-state index < -0.39 is 0 Å². The Labute approximate surface area is 146 Å². The number of hydrogen-bond donors (Lipinski definition) is 0. The van der Waals surface area contributed by atoms with Crippen molar-refractivity contribution in [2.45, 2.75) is 46.6 Å². The van der Waals surface area contributed by atoms with E-state index in [1.54, 1.807) is 6.20 Å². The Morgan fingerprint density at radius 1 is 1.35 bits per heavy atom. The predicted octanol–water partition coefficient (Wildman–Crippen LogP) is 3.61. The molecule has 0 saturated carbocycles. The highest BCUT2D eigenvalue weighted by molar-refractivity contribution is 5.92. The van der Waals surface area contributed by atoms with Crippen molar-refractivity contribution in [1.82, 2.24) is 9.88 Å². The standard InChI is InChI=1S/C18H29N3O.ClH/c1-5-18(22)21(17-8-6-7-9-19-17)16(4)13-20-11-14(2)10-15(3)12-20;/h6-9,14-16H,5,10-13H2,1-4H3;1H/t14-,15+,16?;. The van der Waals surface area contributed by atoms with Crippen LogP contribution in [0.15, 0.2) is 24.4 Å². The number of likely N-dealkylation sites (tertiary alicyclic amines) is 1. The smallest absolute Gasteiger partial charge is 0.228 e. The number of aromatic nitrogens is 1. The minimum atomic E-state index is 0. The number of carbonyl (C=O) groups is 1. The van der Waals surface area contributed by atoms with Crippen LogP contribution in [0.5, 0.6) is 0 Å². The Bertz CT molecular complexity index is 472. The van der Waals surface area contributed by atoms with E-state index in [2.05, 4.69) is 30.7 Å². The van der Waals surface area contributed by atoms with Crippen molar-refractivity contribution in [2.75, 3.05) is 24.5 Å². The molecule has 1 aliphatic heterocycles. The van der Waals surface area contributed by atoms with Crippen LogP contribution in [0, 0.1) is 11.8 Å². The molecule has 4 nitrogen and oxygen atoms in total. The van der Waals surface area contributed by atoms with Crippen molar-refractivity contribution in [3.8, 4) is 0 Å². The number of halogens is 1. The van der Waals surface area contributed by atoms with Crippen LogP contribution < -0.4 is 4.90 Å². The average Bonchev–Trinajstić information content (AvgIpc) is 2.47. The molecule has 3 atom stereocenters. The van der Waals surface area contributed by atoms with E-state index in [0.29, 0.717) is 6.42 Å². The van der Waals surface area contributed by atoms with E-state index in [1.807, 2.05) is 30.0 Å². The van der Waals surface area contributed by atoms with Gasteiger partial charge in [0, 0.05) is 38.3 Å². The summed E-state index contributed by atoms with van der Waals surface area (Å²) in [6, 6.07) is 5.89. The van der Waals surface area contributed by atoms with E-state index in [9.17, 15) is 4.79 Å². The molecule has 1 unspecified atom stereocenters. The van der Waals surface area contributed by atoms with Crippen molar-refractivity contribution in [3.05, 3.63) is 24.4 Å². The van der Waals surface area contributed by atoms with Gasteiger partial charge >= 0.3 is 0 Å². The van der Waals surface area contributed by atoms with Crippen molar-refractivity contribution >= 4 is 24.1 Å². The first kappa shape index (κ1) is 19.9. The maximum absolute atomic E-state index is 12.4. The van der Waals surface area contributed by atoms with Crippen LogP contribution in [0.1, 0.15) is 40.5 Å². The number of pyridine rings is 1. The molecule has 130 valence electrons. The lowest BCUT2D eigenvalue weighted by Crippen LogP contribution is -2.49. The molecule has 1 aromatic heterocycles. The minimum absolute atomic E-state index is 0. The fourth-order valence-electron chi connectivity index (χ4n) is 3.66. The molecule has 1 aromatic rings. The Morgan fingerprint density at radius 2 is 2.00 bits per heavy atom. The lowest BCUT2D eigenvalue weighted by Gasteiger charge is -2.38. The van der Waals surface area contributed by atoms with Crippen LogP contribution in [-0.2, 0) is 4.79 Å². The molecule has 1 fully saturated rings. The first-order valence-electron chi connectivity index (χ1n) is 8.46. The molecule has 1 amide bonds. The summed E-state index contributed by atoms with van der Waals surface area (Å²) in [5, 5.41) is 0. The number of hydrogen-bond acceptors (Lipinski definition) is 3. The van der Waals surface area contributed by atoms with Gasteiger partial charge in [-0.2, -0.15) is 0 Å². The number of carbonyl (C=O) groups excluding carboxylic acids is 1. The minimum Gasteiger partial charge on any atom is -0.301 e. The second-order valence-electron chi connectivity index (χ2n) is 6.82. The van der Waals surface area contributed by atoms with E-state index in [1.165, 1.54) is 6.42 Å². The molecule has 5 heteroatoms. The quantitative estimate of drug-likeness (QED) is 0.822. The normalized spacial score (nSPS) is 23.0. The van der Waals surface area contributed by atoms with Crippen LogP contribution in [0.3, 0.4) is 0 Å². The summed E-state index contributed by atoms with van der Waals surface area (Å²) in [6.45, 7) is 11.9. The summed E-state index contributed by atoms with van der Waals surface area (Å²) in [6.07, 6.45) is 3.57. The second kappa shape index (κ2) is 9.24. The van der Waals surface area contributed by atoms with Crippen LogP contribution in [-0.4, -0.2) is 41.5 Å². The first-order chi connectivity index (χ1) is 10.5. The van der Waals surface area contributed by atoms with Gasteiger partial charge in [-0.05, 0) is 37.3 Å². The Hall–Kier alpha value is -1.13. The van der Waals surface area contributed by atoms with Crippen LogP contribution in [0.25, 0.3) is 0 Å². The molecule has 2 rings (SSSR count). The fourth-order valence-corrected chi connectivity index (χ4v) is 3.66. The Morgan fingerprint density at radius 3 is 2.52 bits per heavy atom. The average molecular weight is 340 g/mol. The molecule has 0 spiro atoms. The fraction of sp³-hybridized carbons (Fsp3) is 0.667. The number of rotatable bonds is 5. The van der Waals surface area contributed by atoms with E-state index in [-0.39, 0.29) is 24.4 Å². The molecular weight excluding hydrogens is 310 g/mol. The van der Waals surface area contributed by atoms with Crippen molar-refractivity contribution in [1.29, 1.82) is 0 Å². The van der Waals surface area contributed by atoms with Crippen LogP contribution in [0.4, 0.5) is 5.82 Å². The molecule has 2 heterocycles. The van der Waals surface area contributed by atoms with Gasteiger partial charge in [0.25, 0.3) is 0 Å². The third-order valence-corrected chi connectivity index (χ3v) is 4.37. The largest absolute Gasteiger partial charge is 0.301 e. The number of nitrogens with zero attached hydrogens (tertiary/aromatic N) is 3.